The Morgan fingerprint density at radius 2 is 0.888 bits per heavy atom. The highest BCUT2D eigenvalue weighted by Gasteiger charge is 2.32. The van der Waals surface area contributed by atoms with Crippen LogP contribution in [0.1, 0.15) is 118 Å². The molecule has 7 radical (unpaired) electrons. The van der Waals surface area contributed by atoms with Crippen molar-refractivity contribution < 1.29 is 122 Å². The minimum absolute atomic E-state index is 0. The molecule has 1 aliphatic carbocycles. The molecule has 4 amide bonds. The normalized spacial score (nSPS) is 16.3. The van der Waals surface area contributed by atoms with Gasteiger partial charge >= 0.3 is 23.9 Å². The zero-order chi connectivity index (χ0) is 91.7. The minimum atomic E-state index is -4.80. The number of sulfonamides is 1. The molecular formula is C79H122B3N14O26S3. The predicted octanol–water partition coefficient (Wildman–Crippen LogP) is -2.57. The van der Waals surface area contributed by atoms with Gasteiger partial charge in [-0.1, -0.05) is 25.6 Å². The van der Waals surface area contributed by atoms with Gasteiger partial charge in [0.2, 0.25) is 27.7 Å². The van der Waals surface area contributed by atoms with E-state index in [-0.39, 0.29) is 184 Å². The number of aryl methyl sites for hydroxylation is 6. The van der Waals surface area contributed by atoms with E-state index < -0.39 is 145 Å². The molecule has 2 aromatic carbocycles. The second kappa shape index (κ2) is 57.0. The van der Waals surface area contributed by atoms with Gasteiger partial charge in [0.05, 0.1) is 63.9 Å². The molecule has 11 N–H and O–H groups in total. The molecule has 3 atom stereocenters. The number of ketones is 5. The molecule has 3 aliphatic rings. The zero-order valence-electron chi connectivity index (χ0n) is 71.3. The van der Waals surface area contributed by atoms with Crippen LogP contribution in [0.5, 0.6) is 5.75 Å². The number of nitrogens with zero attached hydrogens (tertiary/aromatic N) is 9. The topological polar surface area (TPSA) is 554 Å². The van der Waals surface area contributed by atoms with Crippen molar-refractivity contribution in [1.29, 1.82) is 0 Å². The van der Waals surface area contributed by atoms with Gasteiger partial charge in [-0.25, -0.2) is 8.42 Å². The van der Waals surface area contributed by atoms with E-state index in [1.165, 1.54) is 64.4 Å². The second-order valence-corrected chi connectivity index (χ2v) is 35.3. The highest BCUT2D eigenvalue weighted by molar-refractivity contribution is 7.89. The van der Waals surface area contributed by atoms with Crippen LogP contribution in [0.15, 0.2) is 53.4 Å². The van der Waals surface area contributed by atoms with Crippen molar-refractivity contribution in [2.45, 2.75) is 136 Å². The predicted molar refractivity (Wildman–Crippen MR) is 465 cm³/mol. The van der Waals surface area contributed by atoms with Gasteiger partial charge < -0.3 is 46.4 Å². The van der Waals surface area contributed by atoms with Crippen LogP contribution in [0.3, 0.4) is 0 Å². The summed E-state index contributed by atoms with van der Waals surface area (Å²) in [6.45, 7) is 11.8. The molecule has 0 spiro atoms. The third kappa shape index (κ3) is 46.4. The van der Waals surface area contributed by atoms with Crippen LogP contribution >= 0.6 is 0 Å². The number of nitrogens with one attached hydrogen (secondary N) is 5. The maximum absolute atomic E-state index is 13.6. The second-order valence-electron chi connectivity index (χ2n) is 30.6. The molecule has 0 bridgehead atoms. The molecule has 2 aliphatic heterocycles. The molecule has 1 aromatic heterocycles. The zero-order valence-corrected chi connectivity index (χ0v) is 73.7. The number of aliphatic carboxylic acids is 4. The Morgan fingerprint density at radius 3 is 1.29 bits per heavy atom. The van der Waals surface area contributed by atoms with Gasteiger partial charge in [0.25, 0.3) is 26.1 Å². The molecule has 691 valence electrons. The van der Waals surface area contributed by atoms with E-state index in [0.717, 1.165) is 43.9 Å². The molecule has 6 rings (SSSR count). The molecular weight excluding hydrogens is 1690 g/mol. The number of benzene rings is 2. The monoisotopic (exact) mass is 1810 g/mol. The van der Waals surface area contributed by atoms with Gasteiger partial charge in [-0.3, -0.25) is 116 Å². The van der Waals surface area contributed by atoms with E-state index in [2.05, 4.69) is 53.6 Å². The van der Waals surface area contributed by atoms with Crippen LogP contribution in [0, 0.1) is 13.8 Å². The first kappa shape index (κ1) is 112. The highest BCUT2D eigenvalue weighted by Crippen LogP contribution is 2.27. The Balaban J connectivity index is 0.00000108. The van der Waals surface area contributed by atoms with Crippen molar-refractivity contribution in [3.8, 4) is 5.75 Å². The third-order valence-electron chi connectivity index (χ3n) is 19.9. The number of hydrogen-bond donors (Lipinski definition) is 11. The number of carboxylic acids is 4. The fraction of sp³-hybridized carbons (Fsp3) is 0.620. The lowest BCUT2D eigenvalue weighted by Crippen LogP contribution is -2.52. The van der Waals surface area contributed by atoms with E-state index in [1.807, 2.05) is 31.7 Å². The summed E-state index contributed by atoms with van der Waals surface area (Å²) in [6.07, 6.45) is 5.67. The maximum Gasteiger partial charge on any atom is 0.323 e. The fourth-order valence-corrected chi connectivity index (χ4v) is 17.0. The molecule has 2 fully saturated rings. The number of carbonyl (C=O) groups is 13. The summed E-state index contributed by atoms with van der Waals surface area (Å²) < 4.78 is 100. The number of aromatic nitrogens is 1. The molecule has 2 saturated heterocycles. The van der Waals surface area contributed by atoms with Crippen LogP contribution in [-0.4, -0.2) is 406 Å². The fourth-order valence-electron chi connectivity index (χ4n) is 13.9. The van der Waals surface area contributed by atoms with Crippen molar-refractivity contribution in [1.82, 2.24) is 70.2 Å². The van der Waals surface area contributed by atoms with Gasteiger partial charge in [0, 0.05) is 171 Å². The number of rotatable bonds is 43. The Hall–Kier alpha value is -8.90. The van der Waals surface area contributed by atoms with Crippen molar-refractivity contribution >= 4 is 131 Å². The number of carboxylic acid groups (broad SMARTS) is 4. The summed E-state index contributed by atoms with van der Waals surface area (Å²) >= 11 is 0. The summed E-state index contributed by atoms with van der Waals surface area (Å²) in [5.74, 6) is -10.5. The maximum atomic E-state index is 13.6. The van der Waals surface area contributed by atoms with E-state index in [1.54, 1.807) is 31.7 Å². The SMILES string of the molecule is C.CC(=O)CN1CCN(CC(C)=O)CCN(CC(=O)N[C@@H](CS(=O)(=O)O)C(C)=O)CCN(CC(C)=O)CC1.Cc1cc(OCCCC(=O)NCCCC(=O)[C@H](CS(=O)(=O)O)NC(=O)CN2CCN(CC(=O)O)CCN(CC(=O)O)CCN(CC(=O)O)CC2)cc(C)c1S(=O)(=O)NC(CNC(=O)c1ccc(CCc2ccc3c(n2)CCCC3)cc1)C(=O)O.[B].[B][B]. The molecule has 0 saturated carbocycles. The lowest BCUT2D eigenvalue weighted by Gasteiger charge is -2.33. The molecule has 3 aromatic rings. The van der Waals surface area contributed by atoms with Gasteiger partial charge in [0.15, 0.2) is 11.6 Å². The van der Waals surface area contributed by atoms with Gasteiger partial charge in [-0.2, -0.15) is 21.6 Å². The standard InChI is InChI=1S/C55H77N9O18S2.C23H41N5O8S.CH4.B2.B/c1-37-29-43(30-38(2)53(37)84(80,81)60-45(55(75)76)31-57-54(74)41-14-11-39(12-15-41)13-17-42-18-16-40-7-3-4-8-44(40)58-42)82-28-6-10-48(66)56-19-5-9-47(65)46(36-83(77,78)79)59-49(67)32-61-20-22-62(33-50(68)69)24-26-64(35-52(72)73)27-25-63(23-21-61)34-51(70)71;1-18(29)13-25-5-7-26(14-19(2)30)9-11-28(12-10-27(8-6-25)15-20(3)31)16-23(33)24-22(21(4)32)17-37(34,35)36;;1-2;/h11-12,14-16,18,29-30,45-46,60H,3-10,13,17,19-28,31-36H2,1-2H3,(H,56,66)(H,57,74)(H,59,67)(H,68,69)(H,70,71)(H,72,73)(H,75,76)(H,77,78,79);22H,5-17H2,1-4H3,(H,24,33)(H,34,35,36);1H4;;/t45?,46-;22-;;;/m00.../s1. The third-order valence-corrected chi connectivity index (χ3v) is 23.2. The Labute approximate surface area is 736 Å². The first-order chi connectivity index (χ1) is 57.9. The lowest BCUT2D eigenvalue weighted by molar-refractivity contribution is -0.140. The summed E-state index contributed by atoms with van der Waals surface area (Å²) in [5, 5.41) is 48.2. The Morgan fingerprint density at radius 1 is 0.488 bits per heavy atom. The Kier molecular flexibility index (Phi) is 51.2. The van der Waals surface area contributed by atoms with Crippen molar-refractivity contribution in [2.75, 3.05) is 188 Å². The number of Topliss-reactive ketones (excluding diaryl/α,β-unsaturated/α-hetero) is 5. The van der Waals surface area contributed by atoms with Crippen LogP contribution in [-0.2, 0) is 113 Å². The summed E-state index contributed by atoms with van der Waals surface area (Å²) in [4.78, 5) is 178. The van der Waals surface area contributed by atoms with E-state index in [0.29, 0.717) is 58.8 Å². The van der Waals surface area contributed by atoms with Gasteiger partial charge in [-0.15, -0.1) is 0 Å². The molecule has 125 heavy (non-hydrogen) atoms. The lowest BCUT2D eigenvalue weighted by atomic mass is 9.81. The number of ether oxygens (including phenoxy) is 1. The molecule has 40 nitrogen and oxygen atoms in total. The average Bonchev–Trinajstić information content (AvgIpc) is 0.787. The van der Waals surface area contributed by atoms with E-state index in [9.17, 15) is 113 Å². The number of pyridine rings is 1. The average molecular weight is 1810 g/mol. The van der Waals surface area contributed by atoms with E-state index >= 15 is 0 Å². The number of hydrogen-bond acceptors (Lipinski definition) is 29. The minimum Gasteiger partial charge on any atom is -0.494 e. The summed E-state index contributed by atoms with van der Waals surface area (Å²) in [7, 11) is -5.72. The highest BCUT2D eigenvalue weighted by atomic mass is 32.2. The van der Waals surface area contributed by atoms with Crippen molar-refractivity contribution in [2.24, 2.45) is 0 Å². The number of carbonyl (C=O) groups excluding carboxylic acids is 9. The first-order valence-corrected chi connectivity index (χ1v) is 45.0. The van der Waals surface area contributed by atoms with Gasteiger partial charge in [-0.05, 0) is 145 Å². The van der Waals surface area contributed by atoms with Crippen molar-refractivity contribution in [3.63, 3.8) is 0 Å². The largest absolute Gasteiger partial charge is 0.494 e. The number of amides is 4. The number of fused-ring (bicyclic) bond motifs is 1. The first-order valence-electron chi connectivity index (χ1n) is 40.3. The smallest absolute Gasteiger partial charge is 0.323 e. The summed E-state index contributed by atoms with van der Waals surface area (Å²) in [5.41, 5.74) is 5.20. The van der Waals surface area contributed by atoms with Crippen LogP contribution in [0.4, 0.5) is 0 Å². The quantitative estimate of drug-likeness (QED) is 0.0158. The molecule has 46 heteroatoms. The molecule has 3 heterocycles. The van der Waals surface area contributed by atoms with Crippen molar-refractivity contribution in [3.05, 3.63) is 87.7 Å². The van der Waals surface area contributed by atoms with Crippen LogP contribution in [0.2, 0.25) is 0 Å². The van der Waals surface area contributed by atoms with Crippen LogP contribution < -0.4 is 30.7 Å². The summed E-state index contributed by atoms with van der Waals surface area (Å²) in [6, 6.07) is 9.18. The van der Waals surface area contributed by atoms with Crippen LogP contribution in [0.25, 0.3) is 0 Å². The molecule has 1 unspecified atom stereocenters. The Bertz CT molecular complexity index is 4360. The van der Waals surface area contributed by atoms with E-state index in [4.69, 9.17) is 14.3 Å². The van der Waals surface area contributed by atoms with Gasteiger partial charge in [0.1, 0.15) is 52.7 Å².